The van der Waals surface area contributed by atoms with Gasteiger partial charge in [0, 0.05) is 10.6 Å². The largest absolute Gasteiger partial charge is 0.299 e. The molecule has 0 aliphatic carbocycles. The fourth-order valence-electron chi connectivity index (χ4n) is 0.597. The molecule has 0 bridgehead atoms. The Kier molecular flexibility index (Phi) is 7.36. The van der Waals surface area contributed by atoms with Crippen molar-refractivity contribution in [1.29, 1.82) is 0 Å². The second-order valence-corrected chi connectivity index (χ2v) is 5.66. The van der Waals surface area contributed by atoms with Crippen molar-refractivity contribution < 1.29 is 9.59 Å². The first-order valence-electron chi connectivity index (χ1n) is 3.73. The van der Waals surface area contributed by atoms with E-state index in [4.69, 9.17) is 58.0 Å². The third kappa shape index (κ3) is 7.31. The van der Waals surface area contributed by atoms with Crippen molar-refractivity contribution in [1.82, 2.24) is 0 Å². The molecule has 1 aromatic carbocycles. The molecule has 16 heavy (non-hydrogen) atoms. The SMILES string of the molecule is O=CC(Cl)(Cl)Cl.O=Cc1ccc(Cl)cc1Cl. The number of rotatable bonds is 1. The first-order chi connectivity index (χ1) is 7.30. The topological polar surface area (TPSA) is 34.1 Å². The maximum Gasteiger partial charge on any atom is 0.245 e. The number of halogens is 5. The van der Waals surface area contributed by atoms with E-state index in [0.717, 1.165) is 0 Å². The predicted octanol–water partition coefficient (Wildman–Crippen LogP) is 4.36. The van der Waals surface area contributed by atoms with Gasteiger partial charge in [-0.15, -0.1) is 0 Å². The Hall–Kier alpha value is 0.01000. The summed E-state index contributed by atoms with van der Waals surface area (Å²) >= 11 is 25.8. The Bertz CT molecular complexity index is 373. The summed E-state index contributed by atoms with van der Waals surface area (Å²) in [5, 5.41) is 0.929. The summed E-state index contributed by atoms with van der Waals surface area (Å²) in [6.45, 7) is 0. The van der Waals surface area contributed by atoms with E-state index in [-0.39, 0.29) is 6.29 Å². The zero-order chi connectivity index (χ0) is 12.8. The van der Waals surface area contributed by atoms with Gasteiger partial charge in [-0.2, -0.15) is 0 Å². The van der Waals surface area contributed by atoms with E-state index < -0.39 is 3.79 Å². The molecule has 1 rings (SSSR count). The van der Waals surface area contributed by atoms with Crippen molar-refractivity contribution in [3.8, 4) is 0 Å². The summed E-state index contributed by atoms with van der Waals surface area (Å²) < 4.78 is -1.72. The number of carbonyl (C=O) groups excluding carboxylic acids is 2. The highest BCUT2D eigenvalue weighted by molar-refractivity contribution is 6.74. The van der Waals surface area contributed by atoms with Gasteiger partial charge in [0.05, 0.1) is 5.02 Å². The average molecular weight is 322 g/mol. The highest BCUT2D eigenvalue weighted by Gasteiger charge is 2.16. The van der Waals surface area contributed by atoms with Crippen LogP contribution in [-0.4, -0.2) is 16.4 Å². The summed E-state index contributed by atoms with van der Waals surface area (Å²) in [4.78, 5) is 19.6. The first-order valence-corrected chi connectivity index (χ1v) is 5.62. The number of carbonyl (C=O) groups is 2. The molecule has 0 atom stereocenters. The molecule has 0 saturated carbocycles. The fraction of sp³-hybridized carbons (Fsp3) is 0.111. The van der Waals surface area contributed by atoms with Crippen LogP contribution in [0.5, 0.6) is 0 Å². The van der Waals surface area contributed by atoms with Gasteiger partial charge in [-0.3, -0.25) is 9.59 Å². The van der Waals surface area contributed by atoms with Crippen LogP contribution >= 0.6 is 58.0 Å². The second-order valence-electron chi connectivity index (χ2n) is 2.44. The van der Waals surface area contributed by atoms with Crippen LogP contribution in [0.4, 0.5) is 0 Å². The maximum absolute atomic E-state index is 10.2. The molecule has 0 amide bonds. The molecule has 2 nitrogen and oxygen atoms in total. The molecule has 0 N–H and O–H groups in total. The lowest BCUT2D eigenvalue weighted by molar-refractivity contribution is -0.107. The van der Waals surface area contributed by atoms with Crippen molar-refractivity contribution >= 4 is 70.6 Å². The highest BCUT2D eigenvalue weighted by atomic mass is 35.6. The first kappa shape index (κ1) is 16.0. The Balaban J connectivity index is 0.000000325. The van der Waals surface area contributed by atoms with Crippen LogP contribution in [0.15, 0.2) is 18.2 Å². The van der Waals surface area contributed by atoms with E-state index in [9.17, 15) is 9.59 Å². The van der Waals surface area contributed by atoms with E-state index in [1.807, 2.05) is 0 Å². The maximum atomic E-state index is 10.2. The van der Waals surface area contributed by atoms with Crippen LogP contribution in [0.3, 0.4) is 0 Å². The normalized spacial score (nSPS) is 10.1. The van der Waals surface area contributed by atoms with Gasteiger partial charge in [0.25, 0.3) is 0 Å². The number of aldehydes is 2. The summed E-state index contributed by atoms with van der Waals surface area (Å²) in [6, 6.07) is 4.74. The standard InChI is InChI=1S/C7H4Cl2O.C2HCl3O/c8-6-2-1-5(4-10)7(9)3-6;3-2(4,5)1-6/h1-4H;1H. The predicted molar refractivity (Wildman–Crippen MR) is 68.2 cm³/mol. The lowest BCUT2D eigenvalue weighted by Crippen LogP contribution is -2.00. The molecular weight excluding hydrogens is 317 g/mol. The lowest BCUT2D eigenvalue weighted by atomic mass is 10.2. The molecule has 0 aromatic heterocycles. The van der Waals surface area contributed by atoms with Gasteiger partial charge in [0.15, 0.2) is 12.6 Å². The van der Waals surface area contributed by atoms with E-state index in [0.29, 0.717) is 21.9 Å². The van der Waals surface area contributed by atoms with Gasteiger partial charge in [-0.05, 0) is 18.2 Å². The number of hydrogen-bond acceptors (Lipinski definition) is 2. The lowest BCUT2D eigenvalue weighted by Gasteiger charge is -1.93. The van der Waals surface area contributed by atoms with Crippen LogP contribution in [0.1, 0.15) is 10.4 Å². The van der Waals surface area contributed by atoms with Gasteiger partial charge in [-0.25, -0.2) is 0 Å². The molecule has 1 aromatic rings. The molecule has 0 spiro atoms. The Morgan fingerprint density at radius 2 is 1.56 bits per heavy atom. The number of alkyl halides is 3. The van der Waals surface area contributed by atoms with Gasteiger partial charge in [0.1, 0.15) is 0 Å². The summed E-state index contributed by atoms with van der Waals surface area (Å²) in [7, 11) is 0. The van der Waals surface area contributed by atoms with Crippen molar-refractivity contribution in [2.75, 3.05) is 0 Å². The molecule has 0 unspecified atom stereocenters. The van der Waals surface area contributed by atoms with Crippen LogP contribution in [0.25, 0.3) is 0 Å². The minimum absolute atomic E-state index is 0.234. The zero-order valence-electron chi connectivity index (χ0n) is 7.59. The summed E-state index contributed by atoms with van der Waals surface area (Å²) in [5.41, 5.74) is 0.464. The molecule has 0 radical (unpaired) electrons. The smallest absolute Gasteiger partial charge is 0.245 e. The minimum atomic E-state index is -1.72. The van der Waals surface area contributed by atoms with Crippen LogP contribution in [0.2, 0.25) is 10.0 Å². The van der Waals surface area contributed by atoms with Crippen LogP contribution in [0, 0.1) is 0 Å². The molecule has 0 fully saturated rings. The van der Waals surface area contributed by atoms with Gasteiger partial charge < -0.3 is 0 Å². The quantitative estimate of drug-likeness (QED) is 0.568. The summed E-state index contributed by atoms with van der Waals surface area (Å²) in [5.74, 6) is 0. The van der Waals surface area contributed by atoms with Gasteiger partial charge in [-0.1, -0.05) is 58.0 Å². The average Bonchev–Trinajstić information content (AvgIpc) is 2.18. The Labute approximate surface area is 117 Å². The minimum Gasteiger partial charge on any atom is -0.299 e. The Morgan fingerprint density at radius 1 is 1.06 bits per heavy atom. The molecule has 0 heterocycles. The molecule has 7 heteroatoms. The van der Waals surface area contributed by atoms with E-state index in [1.165, 1.54) is 6.07 Å². The fourth-order valence-corrected chi connectivity index (χ4v) is 1.05. The molecule has 0 aliphatic heterocycles. The van der Waals surface area contributed by atoms with Crippen molar-refractivity contribution in [2.45, 2.75) is 3.79 Å². The van der Waals surface area contributed by atoms with E-state index >= 15 is 0 Å². The van der Waals surface area contributed by atoms with Crippen LogP contribution in [-0.2, 0) is 4.79 Å². The van der Waals surface area contributed by atoms with Crippen molar-refractivity contribution in [3.05, 3.63) is 33.8 Å². The number of hydrogen-bond donors (Lipinski definition) is 0. The van der Waals surface area contributed by atoms with Gasteiger partial charge in [0.2, 0.25) is 3.79 Å². The summed E-state index contributed by atoms with van der Waals surface area (Å²) in [6.07, 6.45) is 0.927. The second kappa shape index (κ2) is 7.36. The Morgan fingerprint density at radius 3 is 1.88 bits per heavy atom. The van der Waals surface area contributed by atoms with E-state index in [1.54, 1.807) is 12.1 Å². The molecule has 88 valence electrons. The molecule has 0 saturated heterocycles. The van der Waals surface area contributed by atoms with Gasteiger partial charge >= 0.3 is 0 Å². The van der Waals surface area contributed by atoms with Crippen molar-refractivity contribution in [3.63, 3.8) is 0 Å². The van der Waals surface area contributed by atoms with Crippen LogP contribution < -0.4 is 0 Å². The zero-order valence-corrected chi connectivity index (χ0v) is 11.4. The third-order valence-electron chi connectivity index (χ3n) is 1.22. The monoisotopic (exact) mass is 320 g/mol. The third-order valence-corrected chi connectivity index (χ3v) is 2.05. The molecular formula is C9H5Cl5O2. The van der Waals surface area contributed by atoms with E-state index in [2.05, 4.69) is 0 Å². The van der Waals surface area contributed by atoms with Crippen molar-refractivity contribution in [2.24, 2.45) is 0 Å². The highest BCUT2D eigenvalue weighted by Crippen LogP contribution is 2.21. The number of benzene rings is 1. The molecule has 0 aliphatic rings.